The zero-order valence-electron chi connectivity index (χ0n) is 21.9. The van der Waals surface area contributed by atoms with Crippen molar-refractivity contribution in [3.05, 3.63) is 77.9 Å². The Morgan fingerprint density at radius 3 is 2.41 bits per heavy atom. The summed E-state index contributed by atoms with van der Waals surface area (Å²) in [5.74, 6) is 1.15. The molecule has 2 heterocycles. The molecular weight excluding hydrogens is 465 g/mol. The zero-order chi connectivity index (χ0) is 25.8. The van der Waals surface area contributed by atoms with Gasteiger partial charge in [0.05, 0.1) is 12.6 Å². The van der Waals surface area contributed by atoms with Crippen LogP contribution in [0.15, 0.2) is 66.5 Å². The van der Waals surface area contributed by atoms with E-state index in [1.807, 2.05) is 48.5 Å². The smallest absolute Gasteiger partial charge is 0.132 e. The molecule has 2 N–H and O–H groups in total. The Hall–Kier alpha value is -3.32. The van der Waals surface area contributed by atoms with E-state index in [0.29, 0.717) is 24.5 Å². The first-order valence-corrected chi connectivity index (χ1v) is 13.4. The van der Waals surface area contributed by atoms with E-state index in [4.69, 9.17) is 10.1 Å². The first-order chi connectivity index (χ1) is 18.0. The molecule has 0 amide bonds. The third-order valence-corrected chi connectivity index (χ3v) is 8.09. The number of rotatable bonds is 7. The number of benzene rings is 2. The molecule has 2 aromatic carbocycles. The second-order valence-electron chi connectivity index (χ2n) is 10.3. The third-order valence-electron chi connectivity index (χ3n) is 8.09. The van der Waals surface area contributed by atoms with E-state index < -0.39 is 0 Å². The monoisotopic (exact) mass is 503 g/mol. The lowest BCUT2D eigenvalue weighted by molar-refractivity contribution is 0.0856. The number of amidine groups is 1. The van der Waals surface area contributed by atoms with Gasteiger partial charge in [-0.1, -0.05) is 18.2 Å². The Kier molecular flexibility index (Phi) is 7.79. The van der Waals surface area contributed by atoms with Crippen LogP contribution < -0.4 is 10.1 Å². The molecule has 7 heteroatoms. The van der Waals surface area contributed by atoms with E-state index in [1.165, 1.54) is 12.8 Å². The van der Waals surface area contributed by atoms with Crippen LogP contribution in [-0.4, -0.2) is 59.5 Å². The van der Waals surface area contributed by atoms with Gasteiger partial charge in [-0.15, -0.1) is 0 Å². The minimum absolute atomic E-state index is 0.129. The molecule has 0 radical (unpaired) electrons. The fourth-order valence-electron chi connectivity index (χ4n) is 5.90. The number of allylic oxidation sites excluding steroid dienone is 1. The van der Waals surface area contributed by atoms with Gasteiger partial charge in [0.2, 0.25) is 0 Å². The topological polar surface area (TPSA) is 56.5 Å². The highest BCUT2D eigenvalue weighted by Gasteiger charge is 2.29. The fourth-order valence-corrected chi connectivity index (χ4v) is 5.90. The molecule has 196 valence electrons. The van der Waals surface area contributed by atoms with Gasteiger partial charge < -0.3 is 19.5 Å². The predicted octanol–water partition coefficient (Wildman–Crippen LogP) is 5.56. The van der Waals surface area contributed by atoms with Gasteiger partial charge in [0.1, 0.15) is 17.4 Å². The van der Waals surface area contributed by atoms with Crippen molar-refractivity contribution in [1.82, 2.24) is 19.7 Å². The summed E-state index contributed by atoms with van der Waals surface area (Å²) in [6, 6.07) is 16.3. The maximum Gasteiger partial charge on any atom is 0.132 e. The maximum atomic E-state index is 14.1. The van der Waals surface area contributed by atoms with Crippen molar-refractivity contribution in [2.45, 2.75) is 51.2 Å². The Morgan fingerprint density at radius 1 is 1.00 bits per heavy atom. The highest BCUT2D eigenvalue weighted by molar-refractivity contribution is 5.90. The summed E-state index contributed by atoms with van der Waals surface area (Å²) in [5, 5.41) is 12.3. The molecule has 37 heavy (non-hydrogen) atoms. The first-order valence-electron chi connectivity index (χ1n) is 13.4. The van der Waals surface area contributed by atoms with E-state index in [2.05, 4.69) is 32.8 Å². The van der Waals surface area contributed by atoms with Crippen molar-refractivity contribution >= 4 is 16.7 Å². The molecule has 1 aromatic heterocycles. The Labute approximate surface area is 219 Å². The summed E-state index contributed by atoms with van der Waals surface area (Å²) in [6.45, 7) is 6.84. The average Bonchev–Trinajstić information content (AvgIpc) is 3.38. The molecule has 1 aliphatic carbocycles. The summed E-state index contributed by atoms with van der Waals surface area (Å²) < 4.78 is 21.6. The predicted molar refractivity (Wildman–Crippen MR) is 148 cm³/mol. The van der Waals surface area contributed by atoms with Gasteiger partial charge in [-0.2, -0.15) is 0 Å². The minimum atomic E-state index is -0.129. The van der Waals surface area contributed by atoms with E-state index >= 15 is 0 Å². The molecular formula is C30H38FN5O. The standard InChI is InChI=1S/C30H38FN5O/c1-22(20-30(32)33-21-23-6-12-26(37-2)13-7-23)34-16-18-35(19-17-34)24-8-10-25(11-9-24)36-15-14-27-28(31)4-3-5-29(27)36/h3-7,12-15,20,24-25H,8-11,16-19,21H2,1-2H3,(H2,32,33)/b22-20+/t24-,25+. The van der Waals surface area contributed by atoms with Crippen molar-refractivity contribution in [2.75, 3.05) is 33.3 Å². The zero-order valence-corrected chi connectivity index (χ0v) is 21.9. The average molecular weight is 504 g/mol. The normalized spacial score (nSPS) is 21.3. The number of nitrogens with one attached hydrogen (secondary N) is 2. The van der Waals surface area contributed by atoms with Gasteiger partial charge in [-0.05, 0) is 74.6 Å². The Balaban J connectivity index is 1.07. The van der Waals surface area contributed by atoms with Crippen LogP contribution in [0.3, 0.4) is 0 Å². The molecule has 1 saturated heterocycles. The van der Waals surface area contributed by atoms with Gasteiger partial charge in [0, 0.05) is 62.1 Å². The van der Waals surface area contributed by atoms with Crippen molar-refractivity contribution in [3.8, 4) is 5.75 Å². The van der Waals surface area contributed by atoms with Crippen LogP contribution in [0.5, 0.6) is 5.75 Å². The highest BCUT2D eigenvalue weighted by atomic mass is 19.1. The van der Waals surface area contributed by atoms with Crippen LogP contribution in [0.1, 0.15) is 44.2 Å². The number of hydrogen-bond donors (Lipinski definition) is 2. The second-order valence-corrected chi connectivity index (χ2v) is 10.3. The van der Waals surface area contributed by atoms with E-state index in [9.17, 15) is 4.39 Å². The van der Waals surface area contributed by atoms with Crippen LogP contribution in [0.2, 0.25) is 0 Å². The first kappa shape index (κ1) is 25.3. The number of halogens is 1. The number of ether oxygens (including phenoxy) is 1. The molecule has 3 aromatic rings. The SMILES string of the molecule is COc1ccc(CNC(=N)/C=C(\C)N2CCN([C@H]3CC[C@@H](n4ccc5c(F)cccc54)CC3)CC2)cc1. The van der Waals surface area contributed by atoms with Crippen molar-refractivity contribution < 1.29 is 9.13 Å². The molecule has 0 unspecified atom stereocenters. The molecule has 6 nitrogen and oxygen atoms in total. The Bertz CT molecular complexity index is 1230. The van der Waals surface area contributed by atoms with Gasteiger partial charge >= 0.3 is 0 Å². The van der Waals surface area contributed by atoms with Gasteiger partial charge in [0.15, 0.2) is 0 Å². The summed E-state index contributed by atoms with van der Waals surface area (Å²) in [7, 11) is 1.66. The number of nitrogens with zero attached hydrogens (tertiary/aromatic N) is 3. The van der Waals surface area contributed by atoms with E-state index in [-0.39, 0.29) is 5.82 Å². The number of fused-ring (bicyclic) bond motifs is 1. The quantitative estimate of drug-likeness (QED) is 0.327. The maximum absolute atomic E-state index is 14.1. The molecule has 1 saturated carbocycles. The van der Waals surface area contributed by atoms with Crippen LogP contribution in [0, 0.1) is 11.2 Å². The van der Waals surface area contributed by atoms with Gasteiger partial charge in [-0.25, -0.2) is 4.39 Å². The van der Waals surface area contributed by atoms with Crippen LogP contribution in [0.4, 0.5) is 4.39 Å². The molecule has 1 aliphatic heterocycles. The lowest BCUT2D eigenvalue weighted by Gasteiger charge is -2.43. The highest BCUT2D eigenvalue weighted by Crippen LogP contribution is 2.34. The molecule has 5 rings (SSSR count). The van der Waals surface area contributed by atoms with Crippen LogP contribution >= 0.6 is 0 Å². The molecule has 2 fully saturated rings. The number of aromatic nitrogens is 1. The molecule has 0 atom stereocenters. The number of piperazine rings is 1. The fraction of sp³-hybridized carbons (Fsp3) is 0.433. The Morgan fingerprint density at radius 2 is 1.70 bits per heavy atom. The van der Waals surface area contributed by atoms with Crippen LogP contribution in [0.25, 0.3) is 10.9 Å². The lowest BCUT2D eigenvalue weighted by Crippen LogP contribution is -2.50. The third kappa shape index (κ3) is 5.82. The molecule has 0 spiro atoms. The minimum Gasteiger partial charge on any atom is -0.497 e. The summed E-state index contributed by atoms with van der Waals surface area (Å²) in [6.07, 6.45) is 8.66. The lowest BCUT2D eigenvalue weighted by atomic mass is 9.89. The number of methoxy groups -OCH3 is 1. The van der Waals surface area contributed by atoms with E-state index in [1.54, 1.807) is 13.2 Å². The molecule has 0 bridgehead atoms. The van der Waals surface area contributed by atoms with Crippen LogP contribution in [-0.2, 0) is 6.54 Å². The molecule has 2 aliphatic rings. The van der Waals surface area contributed by atoms with E-state index in [0.717, 1.165) is 66.9 Å². The summed E-state index contributed by atoms with van der Waals surface area (Å²) in [5.41, 5.74) is 3.28. The van der Waals surface area contributed by atoms with Crippen molar-refractivity contribution in [3.63, 3.8) is 0 Å². The summed E-state index contributed by atoms with van der Waals surface area (Å²) in [4.78, 5) is 5.05. The summed E-state index contributed by atoms with van der Waals surface area (Å²) >= 11 is 0. The van der Waals surface area contributed by atoms with Gasteiger partial charge in [0.25, 0.3) is 0 Å². The number of hydrogen-bond acceptors (Lipinski definition) is 4. The van der Waals surface area contributed by atoms with Crippen molar-refractivity contribution in [1.29, 1.82) is 5.41 Å². The van der Waals surface area contributed by atoms with Gasteiger partial charge in [-0.3, -0.25) is 10.3 Å². The van der Waals surface area contributed by atoms with Crippen molar-refractivity contribution in [2.24, 2.45) is 0 Å². The largest absolute Gasteiger partial charge is 0.497 e. The second kappa shape index (κ2) is 11.4.